The zero-order valence-electron chi connectivity index (χ0n) is 13.4. The van der Waals surface area contributed by atoms with Gasteiger partial charge in [-0.15, -0.1) is 0 Å². The highest BCUT2D eigenvalue weighted by atomic mass is 16.6. The lowest BCUT2D eigenvalue weighted by molar-refractivity contribution is 0.0129. The third-order valence-electron chi connectivity index (χ3n) is 3.37. The fourth-order valence-electron chi connectivity index (χ4n) is 2.27. The molecule has 4 N–H and O–H groups in total. The second kappa shape index (κ2) is 6.55. The molecule has 0 aliphatic carbocycles. The normalized spacial score (nSPS) is 16.3. The Hall–Kier alpha value is -2.12. The molecule has 2 amide bonds. The average molecular weight is 322 g/mol. The Kier molecular flexibility index (Phi) is 4.91. The zero-order valence-corrected chi connectivity index (χ0v) is 13.4. The molecule has 0 radical (unpaired) electrons. The summed E-state index contributed by atoms with van der Waals surface area (Å²) in [7, 11) is 0. The van der Waals surface area contributed by atoms with Crippen molar-refractivity contribution in [2.75, 3.05) is 6.54 Å². The Bertz CT molecular complexity index is 609. The Balaban J connectivity index is 1.94. The van der Waals surface area contributed by atoms with E-state index in [1.165, 1.54) is 0 Å². The van der Waals surface area contributed by atoms with E-state index >= 15 is 0 Å². The van der Waals surface area contributed by atoms with Crippen molar-refractivity contribution >= 4 is 12.0 Å². The van der Waals surface area contributed by atoms with E-state index in [4.69, 9.17) is 4.74 Å². The van der Waals surface area contributed by atoms with Crippen LogP contribution in [0.5, 0.6) is 0 Å². The molecule has 1 aromatic rings. The van der Waals surface area contributed by atoms with Gasteiger partial charge in [0.15, 0.2) is 0 Å². The molecule has 1 aliphatic rings. The SMILES string of the molecule is CC(C)(C)OC(=O)NCC(O)C(O)c1ccc2c(c1)CNC2=O. The van der Waals surface area contributed by atoms with Crippen molar-refractivity contribution in [1.29, 1.82) is 0 Å². The van der Waals surface area contributed by atoms with Crippen molar-refractivity contribution in [2.45, 2.75) is 45.1 Å². The maximum atomic E-state index is 11.5. The number of carbonyl (C=O) groups excluding carboxylic acids is 2. The van der Waals surface area contributed by atoms with Gasteiger partial charge in [-0.25, -0.2) is 4.79 Å². The van der Waals surface area contributed by atoms with Crippen LogP contribution in [0.3, 0.4) is 0 Å². The summed E-state index contributed by atoms with van der Waals surface area (Å²) in [5, 5.41) is 25.3. The molecule has 0 bridgehead atoms. The van der Waals surface area contributed by atoms with Crippen molar-refractivity contribution in [3.8, 4) is 0 Å². The van der Waals surface area contributed by atoms with Crippen LogP contribution in [0.1, 0.15) is 48.4 Å². The van der Waals surface area contributed by atoms with E-state index in [0.29, 0.717) is 17.7 Å². The summed E-state index contributed by atoms with van der Waals surface area (Å²) in [6.45, 7) is 5.46. The molecule has 1 heterocycles. The minimum absolute atomic E-state index is 0.145. The molecule has 2 rings (SSSR count). The predicted octanol–water partition coefficient (Wildman–Crippen LogP) is 0.849. The molecule has 0 saturated carbocycles. The Morgan fingerprint density at radius 1 is 1.39 bits per heavy atom. The van der Waals surface area contributed by atoms with Crippen LogP contribution in [0.4, 0.5) is 4.79 Å². The van der Waals surface area contributed by atoms with Crippen LogP contribution in [-0.2, 0) is 11.3 Å². The van der Waals surface area contributed by atoms with E-state index < -0.39 is 23.9 Å². The second-order valence-electron chi connectivity index (χ2n) is 6.49. The largest absolute Gasteiger partial charge is 0.444 e. The molecule has 0 saturated heterocycles. The number of hydrogen-bond acceptors (Lipinski definition) is 5. The number of ether oxygens (including phenoxy) is 1. The third kappa shape index (κ3) is 4.43. The molecule has 23 heavy (non-hydrogen) atoms. The molecule has 0 spiro atoms. The molecule has 2 atom stereocenters. The molecule has 2 unspecified atom stereocenters. The van der Waals surface area contributed by atoms with Crippen molar-refractivity contribution < 1.29 is 24.5 Å². The van der Waals surface area contributed by atoms with E-state index in [-0.39, 0.29) is 12.5 Å². The van der Waals surface area contributed by atoms with E-state index in [1.54, 1.807) is 39.0 Å². The van der Waals surface area contributed by atoms with E-state index in [0.717, 1.165) is 5.56 Å². The van der Waals surface area contributed by atoms with Crippen molar-refractivity contribution in [2.24, 2.45) is 0 Å². The zero-order chi connectivity index (χ0) is 17.2. The minimum Gasteiger partial charge on any atom is -0.444 e. The van der Waals surface area contributed by atoms with E-state index in [1.807, 2.05) is 0 Å². The second-order valence-corrected chi connectivity index (χ2v) is 6.49. The van der Waals surface area contributed by atoms with Crippen LogP contribution < -0.4 is 10.6 Å². The lowest BCUT2D eigenvalue weighted by Crippen LogP contribution is -2.38. The van der Waals surface area contributed by atoms with Crippen LogP contribution in [0, 0.1) is 0 Å². The van der Waals surface area contributed by atoms with Crippen molar-refractivity contribution in [3.05, 3.63) is 34.9 Å². The predicted molar refractivity (Wildman–Crippen MR) is 82.8 cm³/mol. The first-order valence-corrected chi connectivity index (χ1v) is 7.41. The van der Waals surface area contributed by atoms with Gasteiger partial charge < -0.3 is 25.6 Å². The number of rotatable bonds is 4. The molecule has 0 aromatic heterocycles. The summed E-state index contributed by atoms with van der Waals surface area (Å²) in [6.07, 6.45) is -3.02. The van der Waals surface area contributed by atoms with Gasteiger partial charge in [-0.05, 0) is 38.0 Å². The summed E-state index contributed by atoms with van der Waals surface area (Å²) in [5.41, 5.74) is 1.20. The van der Waals surface area contributed by atoms with Gasteiger partial charge in [-0.3, -0.25) is 4.79 Å². The molecule has 1 aromatic carbocycles. The number of nitrogens with one attached hydrogen (secondary N) is 2. The Labute approximate surface area is 134 Å². The van der Waals surface area contributed by atoms with Gasteiger partial charge in [-0.1, -0.05) is 12.1 Å². The monoisotopic (exact) mass is 322 g/mol. The summed E-state index contributed by atoms with van der Waals surface area (Å²) < 4.78 is 5.06. The maximum absolute atomic E-state index is 11.5. The standard InChI is InChI=1S/C16H22N2O5/c1-16(2,3)23-15(22)18-8-12(19)13(20)9-4-5-11-10(6-9)7-17-14(11)21/h4-6,12-13,19-20H,7-8H2,1-3H3,(H,17,21)(H,18,22). The number of carbonyl (C=O) groups is 2. The highest BCUT2D eigenvalue weighted by Gasteiger charge is 2.24. The maximum Gasteiger partial charge on any atom is 0.407 e. The number of aliphatic hydroxyl groups excluding tert-OH is 2. The lowest BCUT2D eigenvalue weighted by atomic mass is 9.99. The van der Waals surface area contributed by atoms with E-state index in [9.17, 15) is 19.8 Å². The number of benzene rings is 1. The Morgan fingerprint density at radius 3 is 2.74 bits per heavy atom. The van der Waals surface area contributed by atoms with Gasteiger partial charge in [0.1, 0.15) is 17.8 Å². The number of aliphatic hydroxyl groups is 2. The summed E-state index contributed by atoms with van der Waals surface area (Å²) in [5.74, 6) is -0.145. The lowest BCUT2D eigenvalue weighted by Gasteiger charge is -2.22. The average Bonchev–Trinajstić information content (AvgIpc) is 2.83. The van der Waals surface area contributed by atoms with Gasteiger partial charge in [-0.2, -0.15) is 0 Å². The van der Waals surface area contributed by atoms with Gasteiger partial charge in [0.05, 0.1) is 0 Å². The summed E-state index contributed by atoms with van der Waals surface area (Å²) in [4.78, 5) is 23.0. The Morgan fingerprint density at radius 2 is 2.09 bits per heavy atom. The van der Waals surface area contributed by atoms with Crippen LogP contribution in [0.15, 0.2) is 18.2 Å². The highest BCUT2D eigenvalue weighted by Crippen LogP contribution is 2.23. The molecule has 0 fully saturated rings. The summed E-state index contributed by atoms with van der Waals surface area (Å²) >= 11 is 0. The number of amides is 2. The van der Waals surface area contributed by atoms with Crippen LogP contribution in [0.2, 0.25) is 0 Å². The topological polar surface area (TPSA) is 108 Å². The van der Waals surface area contributed by atoms with Crippen molar-refractivity contribution in [1.82, 2.24) is 10.6 Å². The first-order valence-electron chi connectivity index (χ1n) is 7.41. The van der Waals surface area contributed by atoms with Gasteiger partial charge in [0.25, 0.3) is 5.91 Å². The van der Waals surface area contributed by atoms with Crippen LogP contribution in [-0.4, -0.2) is 40.5 Å². The smallest absolute Gasteiger partial charge is 0.407 e. The minimum atomic E-state index is -1.19. The molecular formula is C16H22N2O5. The molecular weight excluding hydrogens is 300 g/mol. The third-order valence-corrected chi connectivity index (χ3v) is 3.37. The highest BCUT2D eigenvalue weighted by molar-refractivity contribution is 5.98. The van der Waals surface area contributed by atoms with Gasteiger partial charge in [0, 0.05) is 18.7 Å². The summed E-state index contributed by atoms with van der Waals surface area (Å²) in [6, 6.07) is 4.88. The van der Waals surface area contributed by atoms with E-state index in [2.05, 4.69) is 10.6 Å². The van der Waals surface area contributed by atoms with Gasteiger partial charge in [0.2, 0.25) is 0 Å². The molecule has 126 valence electrons. The molecule has 1 aliphatic heterocycles. The first-order chi connectivity index (χ1) is 10.7. The fraction of sp³-hybridized carbons (Fsp3) is 0.500. The fourth-order valence-corrected chi connectivity index (χ4v) is 2.27. The van der Waals surface area contributed by atoms with Crippen LogP contribution in [0.25, 0.3) is 0 Å². The number of alkyl carbamates (subject to hydrolysis) is 1. The van der Waals surface area contributed by atoms with Crippen molar-refractivity contribution in [3.63, 3.8) is 0 Å². The quantitative estimate of drug-likeness (QED) is 0.657. The van der Waals surface area contributed by atoms with Crippen LogP contribution >= 0.6 is 0 Å². The first kappa shape index (κ1) is 17.2. The molecule has 7 nitrogen and oxygen atoms in total. The molecule has 7 heteroatoms. The van der Waals surface area contributed by atoms with Gasteiger partial charge >= 0.3 is 6.09 Å². The number of hydrogen-bond donors (Lipinski definition) is 4. The number of fused-ring (bicyclic) bond motifs is 1.